The van der Waals surface area contributed by atoms with Crippen molar-refractivity contribution >= 4 is 5.69 Å². The van der Waals surface area contributed by atoms with E-state index in [0.717, 1.165) is 0 Å². The highest BCUT2D eigenvalue weighted by Gasteiger charge is 2.26. The molecule has 2 atom stereocenters. The van der Waals surface area contributed by atoms with Gasteiger partial charge in [-0.25, -0.2) is 0 Å². The molecule has 0 saturated carbocycles. The van der Waals surface area contributed by atoms with Crippen molar-refractivity contribution in [2.75, 3.05) is 6.54 Å². The Labute approximate surface area is 85.3 Å². The Morgan fingerprint density at radius 1 is 1.60 bits per heavy atom. The molecule has 0 aromatic carbocycles. The van der Waals surface area contributed by atoms with Gasteiger partial charge in [0.05, 0.1) is 11.0 Å². The maximum atomic E-state index is 10.6. The minimum atomic E-state index is -1.45. The lowest BCUT2D eigenvalue weighted by molar-refractivity contribution is -0.386. The van der Waals surface area contributed by atoms with Crippen molar-refractivity contribution < 1.29 is 15.1 Å². The van der Waals surface area contributed by atoms with Gasteiger partial charge in [0.2, 0.25) is 0 Å². The van der Waals surface area contributed by atoms with Gasteiger partial charge in [0, 0.05) is 18.8 Å². The SMILES string of the molecule is NCC(O)C(O)c1ncccc1[N+](=O)[O-]. The van der Waals surface area contributed by atoms with Crippen LogP contribution in [0.15, 0.2) is 18.3 Å². The average molecular weight is 213 g/mol. The average Bonchev–Trinajstić information content (AvgIpc) is 2.27. The van der Waals surface area contributed by atoms with E-state index in [4.69, 9.17) is 5.73 Å². The van der Waals surface area contributed by atoms with Crippen molar-refractivity contribution in [3.63, 3.8) is 0 Å². The molecule has 82 valence electrons. The molecule has 0 amide bonds. The summed E-state index contributed by atoms with van der Waals surface area (Å²) in [6.45, 7) is -0.200. The maximum absolute atomic E-state index is 10.6. The number of nitrogens with zero attached hydrogens (tertiary/aromatic N) is 2. The Bertz CT molecular complexity index is 357. The van der Waals surface area contributed by atoms with Crippen LogP contribution in [0.2, 0.25) is 0 Å². The predicted octanol–water partition coefficient (Wildman–Crippen LogP) is -0.657. The summed E-state index contributed by atoms with van der Waals surface area (Å²) in [6, 6.07) is 2.58. The highest BCUT2D eigenvalue weighted by Crippen LogP contribution is 2.24. The number of hydrogen-bond acceptors (Lipinski definition) is 6. The van der Waals surface area contributed by atoms with Gasteiger partial charge in [-0.2, -0.15) is 0 Å². The van der Waals surface area contributed by atoms with E-state index in [-0.39, 0.29) is 17.9 Å². The Hall–Kier alpha value is -1.57. The van der Waals surface area contributed by atoms with Crippen LogP contribution in [0.3, 0.4) is 0 Å². The molecule has 0 aliphatic heterocycles. The number of rotatable bonds is 4. The van der Waals surface area contributed by atoms with Gasteiger partial charge in [-0.05, 0) is 6.07 Å². The van der Waals surface area contributed by atoms with Crippen LogP contribution in [-0.4, -0.2) is 32.8 Å². The van der Waals surface area contributed by atoms with Gasteiger partial charge in [0.25, 0.3) is 5.69 Å². The normalized spacial score (nSPS) is 14.6. The zero-order valence-electron chi connectivity index (χ0n) is 7.78. The number of aliphatic hydroxyl groups excluding tert-OH is 2. The smallest absolute Gasteiger partial charge is 0.293 e. The zero-order chi connectivity index (χ0) is 11.4. The molecule has 0 saturated heterocycles. The summed E-state index contributed by atoms with van der Waals surface area (Å²) in [7, 11) is 0. The van der Waals surface area contributed by atoms with E-state index in [1.165, 1.54) is 18.3 Å². The standard InChI is InChI=1S/C8H11N3O4/c9-4-6(12)8(13)7-5(11(14)15)2-1-3-10-7/h1-3,6,8,12-13H,4,9H2. The molecule has 1 aromatic rings. The van der Waals surface area contributed by atoms with E-state index in [1.54, 1.807) is 0 Å². The predicted molar refractivity (Wildman–Crippen MR) is 50.9 cm³/mol. The van der Waals surface area contributed by atoms with Gasteiger partial charge < -0.3 is 15.9 Å². The fraction of sp³-hybridized carbons (Fsp3) is 0.375. The third-order valence-electron chi connectivity index (χ3n) is 1.90. The van der Waals surface area contributed by atoms with Gasteiger partial charge >= 0.3 is 0 Å². The zero-order valence-corrected chi connectivity index (χ0v) is 7.78. The first-order chi connectivity index (χ1) is 7.07. The third kappa shape index (κ3) is 2.46. The number of pyridine rings is 1. The highest BCUT2D eigenvalue weighted by molar-refractivity contribution is 5.36. The summed E-state index contributed by atoms with van der Waals surface area (Å²) >= 11 is 0. The Morgan fingerprint density at radius 3 is 2.80 bits per heavy atom. The van der Waals surface area contributed by atoms with Crippen molar-refractivity contribution in [2.45, 2.75) is 12.2 Å². The molecule has 0 fully saturated rings. The van der Waals surface area contributed by atoms with Crippen LogP contribution in [0, 0.1) is 10.1 Å². The van der Waals surface area contributed by atoms with Crippen molar-refractivity contribution in [3.8, 4) is 0 Å². The molecule has 1 rings (SSSR count). The molecule has 4 N–H and O–H groups in total. The summed E-state index contributed by atoms with van der Waals surface area (Å²) in [5.74, 6) is 0. The number of nitro groups is 1. The molecule has 0 radical (unpaired) electrons. The lowest BCUT2D eigenvalue weighted by atomic mass is 10.1. The molecule has 2 unspecified atom stereocenters. The van der Waals surface area contributed by atoms with Gasteiger partial charge in [-0.15, -0.1) is 0 Å². The van der Waals surface area contributed by atoms with Gasteiger partial charge in [0.15, 0.2) is 0 Å². The fourth-order valence-corrected chi connectivity index (χ4v) is 1.10. The molecule has 0 aliphatic rings. The summed E-state index contributed by atoms with van der Waals surface area (Å²) in [4.78, 5) is 13.6. The Morgan fingerprint density at radius 2 is 2.27 bits per heavy atom. The van der Waals surface area contributed by atoms with Crippen molar-refractivity contribution in [1.82, 2.24) is 4.98 Å². The van der Waals surface area contributed by atoms with E-state index >= 15 is 0 Å². The third-order valence-corrected chi connectivity index (χ3v) is 1.90. The summed E-state index contributed by atoms with van der Waals surface area (Å²) < 4.78 is 0. The molecule has 1 aromatic heterocycles. The van der Waals surface area contributed by atoms with Crippen LogP contribution < -0.4 is 5.73 Å². The van der Waals surface area contributed by atoms with Crippen molar-refractivity contribution in [2.24, 2.45) is 5.73 Å². The van der Waals surface area contributed by atoms with Gasteiger partial charge in [-0.3, -0.25) is 15.1 Å². The second kappa shape index (κ2) is 4.78. The van der Waals surface area contributed by atoms with Crippen molar-refractivity contribution in [3.05, 3.63) is 34.1 Å². The first-order valence-electron chi connectivity index (χ1n) is 4.23. The van der Waals surface area contributed by atoms with E-state index in [2.05, 4.69) is 4.98 Å². The summed E-state index contributed by atoms with van der Waals surface area (Å²) in [6.07, 6.45) is -1.41. The number of aliphatic hydroxyl groups is 2. The minimum Gasteiger partial charge on any atom is -0.389 e. The fourth-order valence-electron chi connectivity index (χ4n) is 1.10. The quantitative estimate of drug-likeness (QED) is 0.451. The Balaban J connectivity index is 3.07. The summed E-state index contributed by atoms with van der Waals surface area (Å²) in [5.41, 5.74) is 4.61. The van der Waals surface area contributed by atoms with Crippen LogP contribution in [-0.2, 0) is 0 Å². The first-order valence-corrected chi connectivity index (χ1v) is 4.23. The minimum absolute atomic E-state index is 0.180. The molecule has 15 heavy (non-hydrogen) atoms. The van der Waals surface area contributed by atoms with Crippen LogP contribution in [0.1, 0.15) is 11.8 Å². The van der Waals surface area contributed by atoms with Gasteiger partial charge in [0.1, 0.15) is 11.8 Å². The van der Waals surface area contributed by atoms with E-state index in [1.807, 2.05) is 0 Å². The second-order valence-electron chi connectivity index (χ2n) is 2.91. The van der Waals surface area contributed by atoms with Crippen LogP contribution in [0.5, 0.6) is 0 Å². The van der Waals surface area contributed by atoms with Crippen LogP contribution in [0.25, 0.3) is 0 Å². The highest BCUT2D eigenvalue weighted by atomic mass is 16.6. The number of hydrogen-bond donors (Lipinski definition) is 3. The van der Waals surface area contributed by atoms with E-state index in [0.29, 0.717) is 0 Å². The molecule has 0 aliphatic carbocycles. The molecule has 0 bridgehead atoms. The number of aromatic nitrogens is 1. The summed E-state index contributed by atoms with van der Waals surface area (Å²) in [5, 5.41) is 29.3. The molecular weight excluding hydrogens is 202 g/mol. The first kappa shape index (κ1) is 11.5. The topological polar surface area (TPSA) is 123 Å². The van der Waals surface area contributed by atoms with Crippen LogP contribution in [0.4, 0.5) is 5.69 Å². The van der Waals surface area contributed by atoms with Crippen molar-refractivity contribution in [1.29, 1.82) is 0 Å². The molecule has 7 heteroatoms. The Kier molecular flexibility index (Phi) is 3.67. The van der Waals surface area contributed by atoms with Crippen LogP contribution >= 0.6 is 0 Å². The molecule has 0 spiro atoms. The number of nitrogens with two attached hydrogens (primary N) is 1. The lowest BCUT2D eigenvalue weighted by Crippen LogP contribution is -2.28. The largest absolute Gasteiger partial charge is 0.389 e. The maximum Gasteiger partial charge on any atom is 0.293 e. The molecule has 7 nitrogen and oxygen atoms in total. The van der Waals surface area contributed by atoms with E-state index < -0.39 is 17.1 Å². The molecular formula is C8H11N3O4. The van der Waals surface area contributed by atoms with E-state index in [9.17, 15) is 20.3 Å². The van der Waals surface area contributed by atoms with Gasteiger partial charge in [-0.1, -0.05) is 0 Å². The molecule has 1 heterocycles. The second-order valence-corrected chi connectivity index (χ2v) is 2.91. The lowest BCUT2D eigenvalue weighted by Gasteiger charge is -2.14. The monoisotopic (exact) mass is 213 g/mol.